The molecule has 29 heavy (non-hydrogen) atoms. The summed E-state index contributed by atoms with van der Waals surface area (Å²) in [7, 11) is 0. The zero-order valence-electron chi connectivity index (χ0n) is 17.1. The maximum absolute atomic E-state index is 12.5. The average molecular weight is 389 g/mol. The number of nitrogens with two attached hydrogens (primary N) is 1. The molecule has 0 aliphatic rings. The molecule has 1 aromatic carbocycles. The fourth-order valence-corrected chi connectivity index (χ4v) is 3.73. The third-order valence-electron chi connectivity index (χ3n) is 5.04. The molecular formula is C24H28N4O. The molecular weight excluding hydrogens is 360 g/mol. The van der Waals surface area contributed by atoms with Crippen molar-refractivity contribution in [3.05, 3.63) is 95.1 Å². The first-order valence-corrected chi connectivity index (χ1v) is 9.92. The monoisotopic (exact) mass is 388 g/mol. The van der Waals surface area contributed by atoms with Crippen molar-refractivity contribution in [2.45, 2.75) is 32.7 Å². The Morgan fingerprint density at radius 1 is 0.931 bits per heavy atom. The van der Waals surface area contributed by atoms with E-state index in [0.717, 1.165) is 48.2 Å². The quantitative estimate of drug-likeness (QED) is 0.610. The molecule has 5 heteroatoms. The molecule has 150 valence electrons. The Bertz CT molecular complexity index is 864. The minimum atomic E-state index is -0.466. The maximum atomic E-state index is 12.5. The minimum absolute atomic E-state index is 0.323. The average Bonchev–Trinajstić information content (AvgIpc) is 2.70. The Hall–Kier alpha value is -3.05. The molecule has 3 rings (SSSR count). The van der Waals surface area contributed by atoms with Crippen LogP contribution in [0.1, 0.15) is 33.9 Å². The van der Waals surface area contributed by atoms with Crippen molar-refractivity contribution in [1.29, 1.82) is 0 Å². The van der Waals surface area contributed by atoms with Crippen LogP contribution in [0.3, 0.4) is 0 Å². The normalized spacial score (nSPS) is 12.1. The summed E-state index contributed by atoms with van der Waals surface area (Å²) in [5.41, 5.74) is 11.5. The number of aryl methyl sites for hydroxylation is 2. The number of benzene rings is 1. The SMILES string of the molecule is Cc1cc(C)cc(C(C(N)=O)N(CCc2ccncc2)CCc2cccnc2)c1. The predicted octanol–water partition coefficient (Wildman–Crippen LogP) is 3.41. The number of pyridine rings is 2. The first kappa shape index (κ1) is 20.7. The van der Waals surface area contributed by atoms with Crippen LogP contribution in [-0.2, 0) is 17.6 Å². The predicted molar refractivity (Wildman–Crippen MR) is 115 cm³/mol. The highest BCUT2D eigenvalue weighted by Gasteiger charge is 2.26. The van der Waals surface area contributed by atoms with Crippen molar-refractivity contribution in [3.63, 3.8) is 0 Å². The van der Waals surface area contributed by atoms with Gasteiger partial charge in [0.05, 0.1) is 0 Å². The van der Waals surface area contributed by atoms with Crippen LogP contribution in [0.4, 0.5) is 0 Å². The van der Waals surface area contributed by atoms with Gasteiger partial charge < -0.3 is 5.73 Å². The number of hydrogen-bond acceptors (Lipinski definition) is 4. The molecule has 0 spiro atoms. The van der Waals surface area contributed by atoms with Gasteiger partial charge in [-0.25, -0.2) is 0 Å². The number of amides is 1. The van der Waals surface area contributed by atoms with Gasteiger partial charge in [-0.1, -0.05) is 35.4 Å². The van der Waals surface area contributed by atoms with E-state index >= 15 is 0 Å². The van der Waals surface area contributed by atoms with Crippen LogP contribution in [-0.4, -0.2) is 33.9 Å². The van der Waals surface area contributed by atoms with Crippen molar-refractivity contribution in [3.8, 4) is 0 Å². The first-order chi connectivity index (χ1) is 14.0. The highest BCUT2D eigenvalue weighted by Crippen LogP contribution is 2.24. The topological polar surface area (TPSA) is 72.1 Å². The minimum Gasteiger partial charge on any atom is -0.368 e. The van der Waals surface area contributed by atoms with E-state index in [4.69, 9.17) is 5.73 Å². The summed E-state index contributed by atoms with van der Waals surface area (Å²) < 4.78 is 0. The number of carbonyl (C=O) groups excluding carboxylic acids is 1. The molecule has 0 saturated heterocycles. The van der Waals surface area contributed by atoms with Gasteiger partial charge in [0.15, 0.2) is 0 Å². The molecule has 5 nitrogen and oxygen atoms in total. The van der Waals surface area contributed by atoms with Crippen molar-refractivity contribution in [2.24, 2.45) is 5.73 Å². The first-order valence-electron chi connectivity index (χ1n) is 9.92. The highest BCUT2D eigenvalue weighted by atomic mass is 16.1. The molecule has 2 N–H and O–H groups in total. The molecule has 3 aromatic rings. The molecule has 1 amide bonds. The van der Waals surface area contributed by atoms with Gasteiger partial charge in [0.25, 0.3) is 0 Å². The lowest BCUT2D eigenvalue weighted by atomic mass is 9.98. The van der Waals surface area contributed by atoms with Crippen LogP contribution in [0.15, 0.2) is 67.3 Å². The second-order valence-corrected chi connectivity index (χ2v) is 7.48. The molecule has 2 aromatic heterocycles. The lowest BCUT2D eigenvalue weighted by Crippen LogP contribution is -2.40. The van der Waals surface area contributed by atoms with Gasteiger partial charge in [-0.05, 0) is 61.6 Å². The van der Waals surface area contributed by atoms with Crippen molar-refractivity contribution in [1.82, 2.24) is 14.9 Å². The number of carbonyl (C=O) groups is 1. The zero-order valence-corrected chi connectivity index (χ0v) is 17.1. The Balaban J connectivity index is 1.86. The molecule has 0 aliphatic carbocycles. The van der Waals surface area contributed by atoms with Crippen LogP contribution >= 0.6 is 0 Å². The summed E-state index contributed by atoms with van der Waals surface area (Å²) >= 11 is 0. The van der Waals surface area contributed by atoms with Crippen LogP contribution in [0.25, 0.3) is 0 Å². The second kappa shape index (κ2) is 9.94. The van der Waals surface area contributed by atoms with Gasteiger partial charge in [-0.2, -0.15) is 0 Å². The summed E-state index contributed by atoms with van der Waals surface area (Å²) in [6.07, 6.45) is 8.86. The molecule has 1 unspecified atom stereocenters. The maximum Gasteiger partial charge on any atom is 0.239 e. The molecule has 1 atom stereocenters. The lowest BCUT2D eigenvalue weighted by molar-refractivity contribution is -0.123. The lowest BCUT2D eigenvalue weighted by Gasteiger charge is -2.30. The highest BCUT2D eigenvalue weighted by molar-refractivity contribution is 5.81. The third-order valence-corrected chi connectivity index (χ3v) is 5.04. The van der Waals surface area contributed by atoms with E-state index in [1.807, 2.05) is 38.2 Å². The third kappa shape index (κ3) is 5.96. The largest absolute Gasteiger partial charge is 0.368 e. The number of rotatable bonds is 9. The van der Waals surface area contributed by atoms with Crippen LogP contribution in [0, 0.1) is 13.8 Å². The van der Waals surface area contributed by atoms with E-state index in [2.05, 4.69) is 39.1 Å². The van der Waals surface area contributed by atoms with E-state index in [0.29, 0.717) is 0 Å². The van der Waals surface area contributed by atoms with E-state index < -0.39 is 6.04 Å². The fourth-order valence-electron chi connectivity index (χ4n) is 3.73. The molecule has 0 aliphatic heterocycles. The van der Waals surface area contributed by atoms with Gasteiger partial charge in [-0.3, -0.25) is 19.7 Å². The van der Waals surface area contributed by atoms with Crippen molar-refractivity contribution >= 4 is 5.91 Å². The van der Waals surface area contributed by atoms with E-state index in [1.165, 1.54) is 5.56 Å². The fraction of sp³-hybridized carbons (Fsp3) is 0.292. The zero-order chi connectivity index (χ0) is 20.6. The number of nitrogens with zero attached hydrogens (tertiary/aromatic N) is 3. The van der Waals surface area contributed by atoms with Gasteiger partial charge >= 0.3 is 0 Å². The smallest absolute Gasteiger partial charge is 0.239 e. The van der Waals surface area contributed by atoms with E-state index in [9.17, 15) is 4.79 Å². The summed E-state index contributed by atoms with van der Waals surface area (Å²) in [5.74, 6) is -0.323. The Morgan fingerprint density at radius 2 is 1.59 bits per heavy atom. The van der Waals surface area contributed by atoms with Gasteiger partial charge in [0.2, 0.25) is 5.91 Å². The molecule has 0 fully saturated rings. The number of aromatic nitrogens is 2. The standard InChI is InChI=1S/C24H28N4O/c1-18-14-19(2)16-22(15-18)23(24(25)29)28(12-7-20-5-10-26-11-6-20)13-8-21-4-3-9-27-17-21/h3-6,9-11,14-17,23H,7-8,12-13H2,1-2H3,(H2,25,29). The van der Waals surface area contributed by atoms with Crippen LogP contribution in [0.5, 0.6) is 0 Å². The summed E-state index contributed by atoms with van der Waals surface area (Å²) in [6.45, 7) is 5.54. The summed E-state index contributed by atoms with van der Waals surface area (Å²) in [4.78, 5) is 23.0. The summed E-state index contributed by atoms with van der Waals surface area (Å²) in [6, 6.07) is 13.8. The molecule has 0 radical (unpaired) electrons. The Kier molecular flexibility index (Phi) is 7.09. The van der Waals surface area contributed by atoms with Crippen molar-refractivity contribution in [2.75, 3.05) is 13.1 Å². The van der Waals surface area contributed by atoms with Crippen LogP contribution in [0.2, 0.25) is 0 Å². The Labute approximate surface area is 172 Å². The Morgan fingerprint density at radius 3 is 2.17 bits per heavy atom. The van der Waals surface area contributed by atoms with E-state index in [1.54, 1.807) is 18.6 Å². The molecule has 0 bridgehead atoms. The number of hydrogen-bond donors (Lipinski definition) is 1. The van der Waals surface area contributed by atoms with Gasteiger partial charge in [-0.15, -0.1) is 0 Å². The molecule has 2 heterocycles. The second-order valence-electron chi connectivity index (χ2n) is 7.48. The van der Waals surface area contributed by atoms with Crippen molar-refractivity contribution < 1.29 is 4.79 Å². The van der Waals surface area contributed by atoms with Gasteiger partial charge in [0.1, 0.15) is 6.04 Å². The summed E-state index contributed by atoms with van der Waals surface area (Å²) in [5, 5.41) is 0. The number of primary amides is 1. The molecule has 0 saturated carbocycles. The van der Waals surface area contributed by atoms with Gasteiger partial charge in [0, 0.05) is 37.9 Å². The van der Waals surface area contributed by atoms with E-state index in [-0.39, 0.29) is 5.91 Å². The van der Waals surface area contributed by atoms with Crippen LogP contribution < -0.4 is 5.73 Å².